The lowest BCUT2D eigenvalue weighted by molar-refractivity contribution is 0.467. The first-order valence-electron chi connectivity index (χ1n) is 4.55. The molecule has 2 rings (SSSR count). The van der Waals surface area contributed by atoms with E-state index < -0.39 is 0 Å². The van der Waals surface area contributed by atoms with Gasteiger partial charge < -0.3 is 10.5 Å². The first-order valence-corrected chi connectivity index (χ1v) is 5.37. The van der Waals surface area contributed by atoms with Gasteiger partial charge in [0, 0.05) is 12.1 Å². The zero-order chi connectivity index (χ0) is 10.7. The molecule has 15 heavy (non-hydrogen) atoms. The van der Waals surface area contributed by atoms with Gasteiger partial charge in [-0.25, -0.2) is 0 Å². The van der Waals surface area contributed by atoms with Crippen molar-refractivity contribution in [3.05, 3.63) is 34.8 Å². The Kier molecular flexibility index (Phi) is 2.94. The summed E-state index contributed by atoms with van der Waals surface area (Å²) in [7, 11) is 0. The van der Waals surface area contributed by atoms with Crippen molar-refractivity contribution in [2.75, 3.05) is 0 Å². The van der Waals surface area contributed by atoms with E-state index in [1.54, 1.807) is 0 Å². The normalized spacial score (nSPS) is 10.3. The molecule has 2 aromatic rings. The average molecular weight is 221 g/mol. The number of hydrogen-bond donors (Lipinski definition) is 1. The quantitative estimate of drug-likeness (QED) is 0.862. The van der Waals surface area contributed by atoms with Crippen LogP contribution in [0.4, 0.5) is 0 Å². The van der Waals surface area contributed by atoms with Gasteiger partial charge in [-0.3, -0.25) is 0 Å². The maximum absolute atomic E-state index is 5.60. The first kappa shape index (κ1) is 10.1. The molecular formula is C10H11N3OS. The van der Waals surface area contributed by atoms with Crippen LogP contribution < -0.4 is 10.5 Å². The molecule has 1 aromatic carbocycles. The molecule has 2 N–H and O–H groups in total. The molecule has 0 unspecified atom stereocenters. The van der Waals surface area contributed by atoms with Crippen LogP contribution in [0.25, 0.3) is 0 Å². The van der Waals surface area contributed by atoms with Crippen LogP contribution >= 0.6 is 11.3 Å². The number of benzene rings is 1. The molecular weight excluding hydrogens is 210 g/mol. The minimum atomic E-state index is 0.452. The summed E-state index contributed by atoms with van der Waals surface area (Å²) >= 11 is 1.42. The van der Waals surface area contributed by atoms with Crippen LogP contribution in [-0.4, -0.2) is 10.2 Å². The topological polar surface area (TPSA) is 61.0 Å². The van der Waals surface area contributed by atoms with Crippen molar-refractivity contribution in [2.24, 2.45) is 5.73 Å². The Morgan fingerprint density at radius 1 is 1.33 bits per heavy atom. The third-order valence-electron chi connectivity index (χ3n) is 1.90. The third kappa shape index (κ3) is 2.31. The van der Waals surface area contributed by atoms with E-state index in [1.807, 2.05) is 31.2 Å². The van der Waals surface area contributed by atoms with Crippen molar-refractivity contribution in [3.63, 3.8) is 0 Å². The molecule has 78 valence electrons. The molecule has 0 amide bonds. The number of para-hydroxylation sites is 1. The summed E-state index contributed by atoms with van der Waals surface area (Å²) in [6, 6.07) is 7.64. The Balaban J connectivity index is 2.23. The Morgan fingerprint density at radius 2 is 2.13 bits per heavy atom. The predicted octanol–water partition coefficient (Wildman–Crippen LogP) is 2.10. The van der Waals surface area contributed by atoms with Gasteiger partial charge in [0.2, 0.25) is 0 Å². The molecule has 1 aromatic heterocycles. The van der Waals surface area contributed by atoms with Crippen LogP contribution in [0.5, 0.6) is 10.9 Å². The molecule has 0 atom stereocenters. The summed E-state index contributed by atoms with van der Waals surface area (Å²) in [6.07, 6.45) is 0. The molecule has 0 aliphatic rings. The maximum Gasteiger partial charge on any atom is 0.299 e. The van der Waals surface area contributed by atoms with Gasteiger partial charge in [0.25, 0.3) is 5.19 Å². The van der Waals surface area contributed by atoms with Gasteiger partial charge in [-0.2, -0.15) is 0 Å². The van der Waals surface area contributed by atoms with E-state index in [9.17, 15) is 0 Å². The highest BCUT2D eigenvalue weighted by atomic mass is 32.1. The molecule has 0 fully saturated rings. The van der Waals surface area contributed by atoms with Crippen molar-refractivity contribution < 1.29 is 4.74 Å². The number of ether oxygens (including phenoxy) is 1. The van der Waals surface area contributed by atoms with Gasteiger partial charge in [-0.15, -0.1) is 5.10 Å². The molecule has 0 spiro atoms. The van der Waals surface area contributed by atoms with Gasteiger partial charge in [-0.05, 0) is 13.0 Å². The second-order valence-electron chi connectivity index (χ2n) is 3.00. The SMILES string of the molecule is Cc1nnc(Oc2ccccc2CN)s1. The Morgan fingerprint density at radius 3 is 2.80 bits per heavy atom. The van der Waals surface area contributed by atoms with Crippen LogP contribution in [0, 0.1) is 6.92 Å². The molecule has 0 radical (unpaired) electrons. The minimum absolute atomic E-state index is 0.452. The van der Waals surface area contributed by atoms with Crippen LogP contribution in [0.1, 0.15) is 10.6 Å². The monoisotopic (exact) mass is 221 g/mol. The predicted molar refractivity (Wildman–Crippen MR) is 59.1 cm³/mol. The van der Waals surface area contributed by atoms with Crippen LogP contribution in [0.3, 0.4) is 0 Å². The number of aromatic nitrogens is 2. The molecule has 0 saturated carbocycles. The van der Waals surface area contributed by atoms with Crippen LogP contribution in [0.15, 0.2) is 24.3 Å². The van der Waals surface area contributed by atoms with Gasteiger partial charge in [0.1, 0.15) is 10.8 Å². The van der Waals surface area contributed by atoms with Gasteiger partial charge in [0.05, 0.1) is 0 Å². The zero-order valence-corrected chi connectivity index (χ0v) is 9.12. The van der Waals surface area contributed by atoms with E-state index in [4.69, 9.17) is 10.5 Å². The number of nitrogens with zero attached hydrogens (tertiary/aromatic N) is 2. The lowest BCUT2D eigenvalue weighted by Gasteiger charge is -2.05. The second kappa shape index (κ2) is 4.37. The Hall–Kier alpha value is -1.46. The first-order chi connectivity index (χ1) is 7.29. The van der Waals surface area contributed by atoms with E-state index in [2.05, 4.69) is 10.2 Å². The second-order valence-corrected chi connectivity index (χ2v) is 4.15. The van der Waals surface area contributed by atoms with Crippen molar-refractivity contribution in [3.8, 4) is 10.9 Å². The fourth-order valence-electron chi connectivity index (χ4n) is 1.19. The van der Waals surface area contributed by atoms with Gasteiger partial charge >= 0.3 is 0 Å². The fraction of sp³-hybridized carbons (Fsp3) is 0.200. The molecule has 1 heterocycles. The fourth-order valence-corrected chi connectivity index (χ4v) is 1.73. The summed E-state index contributed by atoms with van der Waals surface area (Å²) < 4.78 is 5.59. The van der Waals surface area contributed by atoms with Crippen LogP contribution in [-0.2, 0) is 6.54 Å². The molecule has 0 bridgehead atoms. The van der Waals surface area contributed by atoms with E-state index in [1.165, 1.54) is 11.3 Å². The number of hydrogen-bond acceptors (Lipinski definition) is 5. The average Bonchev–Trinajstić information content (AvgIpc) is 2.65. The van der Waals surface area contributed by atoms with Crippen LogP contribution in [0.2, 0.25) is 0 Å². The summed E-state index contributed by atoms with van der Waals surface area (Å²) in [5.74, 6) is 0.746. The van der Waals surface area contributed by atoms with Crippen molar-refractivity contribution >= 4 is 11.3 Å². The van der Waals surface area contributed by atoms with E-state index >= 15 is 0 Å². The Labute approximate surface area is 91.7 Å². The smallest absolute Gasteiger partial charge is 0.299 e. The number of aryl methyl sites for hydroxylation is 1. The van der Waals surface area contributed by atoms with Crippen molar-refractivity contribution in [2.45, 2.75) is 13.5 Å². The number of rotatable bonds is 3. The largest absolute Gasteiger partial charge is 0.429 e. The highest BCUT2D eigenvalue weighted by molar-refractivity contribution is 7.13. The Bertz CT molecular complexity index is 455. The zero-order valence-electron chi connectivity index (χ0n) is 8.30. The van der Waals surface area contributed by atoms with Crippen molar-refractivity contribution in [1.82, 2.24) is 10.2 Å². The molecule has 0 aliphatic carbocycles. The minimum Gasteiger partial charge on any atom is -0.429 e. The number of nitrogens with two attached hydrogens (primary N) is 1. The maximum atomic E-state index is 5.60. The van der Waals surface area contributed by atoms with Crippen molar-refractivity contribution in [1.29, 1.82) is 0 Å². The lowest BCUT2D eigenvalue weighted by Crippen LogP contribution is -1.98. The van der Waals surface area contributed by atoms with E-state index in [-0.39, 0.29) is 0 Å². The molecule has 0 aliphatic heterocycles. The third-order valence-corrected chi connectivity index (χ3v) is 2.61. The summed E-state index contributed by atoms with van der Waals surface area (Å²) in [5.41, 5.74) is 6.56. The molecule has 4 nitrogen and oxygen atoms in total. The molecule has 5 heteroatoms. The summed E-state index contributed by atoms with van der Waals surface area (Å²) in [5, 5.41) is 9.21. The highest BCUT2D eigenvalue weighted by Crippen LogP contribution is 2.26. The summed E-state index contributed by atoms with van der Waals surface area (Å²) in [6.45, 7) is 2.34. The van der Waals surface area contributed by atoms with E-state index in [0.717, 1.165) is 16.3 Å². The van der Waals surface area contributed by atoms with E-state index in [0.29, 0.717) is 11.7 Å². The van der Waals surface area contributed by atoms with Gasteiger partial charge in [0.15, 0.2) is 0 Å². The standard InChI is InChI=1S/C10H11N3OS/c1-7-12-13-10(15-7)14-9-5-3-2-4-8(9)6-11/h2-5H,6,11H2,1H3. The van der Waals surface area contributed by atoms with Gasteiger partial charge in [-0.1, -0.05) is 34.6 Å². The summed E-state index contributed by atoms with van der Waals surface area (Å²) in [4.78, 5) is 0. The lowest BCUT2D eigenvalue weighted by atomic mass is 10.2. The highest BCUT2D eigenvalue weighted by Gasteiger charge is 2.06. The molecule has 0 saturated heterocycles.